The molecule has 1 atom stereocenters. The van der Waals surface area contributed by atoms with Crippen LogP contribution < -0.4 is 0 Å². The molecule has 110 valence electrons. The van der Waals surface area contributed by atoms with Gasteiger partial charge in [-0.15, -0.1) is 11.3 Å². The third-order valence-corrected chi connectivity index (χ3v) is 4.42. The summed E-state index contributed by atoms with van der Waals surface area (Å²) in [5.74, 6) is 0.408. The Morgan fingerprint density at radius 1 is 1.38 bits per heavy atom. The van der Waals surface area contributed by atoms with Crippen LogP contribution in [0.25, 0.3) is 10.8 Å². The summed E-state index contributed by atoms with van der Waals surface area (Å²) in [6, 6.07) is 1.65. The molecule has 6 nitrogen and oxygen atoms in total. The number of nitrogens with zero attached hydrogens (tertiary/aromatic N) is 4. The second kappa shape index (κ2) is 6.28. The second-order valence-electron chi connectivity index (χ2n) is 4.94. The number of piperidine rings is 1. The fourth-order valence-electron chi connectivity index (χ4n) is 2.49. The number of aromatic nitrogens is 3. The average Bonchev–Trinajstić information content (AvgIpc) is 3.05. The molecule has 3 rings (SSSR count). The topological polar surface area (TPSA) is 79.2 Å². The van der Waals surface area contributed by atoms with Crippen molar-refractivity contribution in [3.05, 3.63) is 29.5 Å². The molecule has 1 fully saturated rings. The van der Waals surface area contributed by atoms with E-state index in [1.165, 1.54) is 11.3 Å². The van der Waals surface area contributed by atoms with Crippen molar-refractivity contribution in [3.8, 4) is 10.8 Å². The third-order valence-electron chi connectivity index (χ3n) is 3.58. The Labute approximate surface area is 126 Å². The molecule has 0 spiro atoms. The van der Waals surface area contributed by atoms with Crippen LogP contribution in [0, 0.1) is 0 Å². The fourth-order valence-corrected chi connectivity index (χ4v) is 3.23. The molecule has 1 aliphatic heterocycles. The van der Waals surface area contributed by atoms with Gasteiger partial charge in [0.1, 0.15) is 5.69 Å². The molecule has 1 amide bonds. The van der Waals surface area contributed by atoms with Gasteiger partial charge in [-0.2, -0.15) is 0 Å². The first-order valence-corrected chi connectivity index (χ1v) is 7.82. The van der Waals surface area contributed by atoms with Gasteiger partial charge in [0.2, 0.25) is 0 Å². The Hall–Kier alpha value is -1.86. The van der Waals surface area contributed by atoms with Crippen LogP contribution in [-0.2, 0) is 0 Å². The van der Waals surface area contributed by atoms with E-state index >= 15 is 0 Å². The molecule has 21 heavy (non-hydrogen) atoms. The van der Waals surface area contributed by atoms with Crippen LogP contribution >= 0.6 is 11.3 Å². The van der Waals surface area contributed by atoms with Crippen molar-refractivity contribution in [2.45, 2.75) is 25.3 Å². The van der Waals surface area contributed by atoms with Crippen LogP contribution in [-0.4, -0.2) is 50.1 Å². The van der Waals surface area contributed by atoms with Crippen molar-refractivity contribution < 1.29 is 9.90 Å². The molecule has 2 aromatic rings. The van der Waals surface area contributed by atoms with Crippen LogP contribution in [0.5, 0.6) is 0 Å². The predicted molar refractivity (Wildman–Crippen MR) is 78.9 cm³/mol. The number of amides is 1. The third kappa shape index (κ3) is 2.93. The van der Waals surface area contributed by atoms with Crippen LogP contribution in [0.3, 0.4) is 0 Å². The predicted octanol–water partition coefficient (Wildman–Crippen LogP) is 1.59. The molecule has 1 saturated heterocycles. The number of carbonyl (C=O) groups is 1. The molecular weight excluding hydrogens is 288 g/mol. The normalized spacial score (nSPS) is 18.7. The Balaban J connectivity index is 1.81. The first-order chi connectivity index (χ1) is 10.3. The van der Waals surface area contributed by atoms with Gasteiger partial charge in [0.05, 0.1) is 12.6 Å². The molecule has 3 heterocycles. The lowest BCUT2D eigenvalue weighted by Crippen LogP contribution is -2.45. The Morgan fingerprint density at radius 2 is 2.19 bits per heavy atom. The zero-order chi connectivity index (χ0) is 14.7. The van der Waals surface area contributed by atoms with E-state index < -0.39 is 0 Å². The van der Waals surface area contributed by atoms with Gasteiger partial charge in [-0.25, -0.2) is 15.0 Å². The van der Waals surface area contributed by atoms with Gasteiger partial charge in [-0.1, -0.05) is 0 Å². The van der Waals surface area contributed by atoms with Gasteiger partial charge in [0.15, 0.2) is 10.8 Å². The maximum atomic E-state index is 12.5. The molecular formula is C14H16N4O2S. The van der Waals surface area contributed by atoms with Gasteiger partial charge >= 0.3 is 0 Å². The molecule has 0 aromatic carbocycles. The van der Waals surface area contributed by atoms with E-state index in [9.17, 15) is 9.90 Å². The number of carbonyl (C=O) groups excluding carboxylic acids is 1. The van der Waals surface area contributed by atoms with Gasteiger partial charge in [0.25, 0.3) is 5.91 Å². The highest BCUT2D eigenvalue weighted by atomic mass is 32.1. The summed E-state index contributed by atoms with van der Waals surface area (Å²) in [6.45, 7) is 0.684. The lowest BCUT2D eigenvalue weighted by Gasteiger charge is -2.34. The van der Waals surface area contributed by atoms with E-state index in [4.69, 9.17) is 0 Å². The molecule has 1 unspecified atom stereocenters. The molecule has 0 radical (unpaired) electrons. The van der Waals surface area contributed by atoms with Gasteiger partial charge in [-0.05, 0) is 25.3 Å². The highest BCUT2D eigenvalue weighted by Gasteiger charge is 2.28. The quantitative estimate of drug-likeness (QED) is 0.931. The number of hydrogen-bond donors (Lipinski definition) is 1. The number of thiazole rings is 1. The first kappa shape index (κ1) is 14.1. The van der Waals surface area contributed by atoms with Crippen molar-refractivity contribution in [1.82, 2.24) is 19.9 Å². The highest BCUT2D eigenvalue weighted by molar-refractivity contribution is 7.13. The lowest BCUT2D eigenvalue weighted by molar-refractivity contribution is 0.0498. The minimum atomic E-state index is -0.118. The zero-order valence-corrected chi connectivity index (χ0v) is 12.3. The van der Waals surface area contributed by atoms with Gasteiger partial charge in [0, 0.05) is 24.3 Å². The van der Waals surface area contributed by atoms with E-state index in [2.05, 4.69) is 15.0 Å². The summed E-state index contributed by atoms with van der Waals surface area (Å²) >= 11 is 1.36. The maximum absolute atomic E-state index is 12.5. The van der Waals surface area contributed by atoms with Crippen LogP contribution in [0.15, 0.2) is 23.8 Å². The Bertz CT molecular complexity index is 616. The van der Waals surface area contributed by atoms with Crippen LogP contribution in [0.1, 0.15) is 29.8 Å². The highest BCUT2D eigenvalue weighted by Crippen LogP contribution is 2.23. The number of hydrogen-bond acceptors (Lipinski definition) is 6. The molecule has 1 aliphatic rings. The average molecular weight is 304 g/mol. The number of rotatable bonds is 3. The van der Waals surface area contributed by atoms with Crippen molar-refractivity contribution in [2.75, 3.05) is 13.2 Å². The summed E-state index contributed by atoms with van der Waals surface area (Å²) in [7, 11) is 0. The number of likely N-dealkylation sites (tertiary alicyclic amines) is 1. The van der Waals surface area contributed by atoms with E-state index in [0.29, 0.717) is 23.1 Å². The largest absolute Gasteiger partial charge is 0.394 e. The summed E-state index contributed by atoms with van der Waals surface area (Å²) in [5.41, 5.74) is 0.405. The van der Waals surface area contributed by atoms with Crippen molar-refractivity contribution in [3.63, 3.8) is 0 Å². The van der Waals surface area contributed by atoms with Gasteiger partial charge in [-0.3, -0.25) is 4.79 Å². The van der Waals surface area contributed by atoms with E-state index in [1.54, 1.807) is 28.7 Å². The summed E-state index contributed by atoms with van der Waals surface area (Å²) < 4.78 is 0. The van der Waals surface area contributed by atoms with Crippen molar-refractivity contribution in [1.29, 1.82) is 0 Å². The Morgan fingerprint density at radius 3 is 2.95 bits per heavy atom. The van der Waals surface area contributed by atoms with Crippen LogP contribution in [0.4, 0.5) is 0 Å². The second-order valence-corrected chi connectivity index (χ2v) is 5.80. The maximum Gasteiger partial charge on any atom is 0.273 e. The lowest BCUT2D eigenvalue weighted by atomic mass is 10.0. The number of aliphatic hydroxyl groups excluding tert-OH is 1. The van der Waals surface area contributed by atoms with Crippen LogP contribution in [0.2, 0.25) is 0 Å². The fraction of sp³-hybridized carbons (Fsp3) is 0.429. The summed E-state index contributed by atoms with van der Waals surface area (Å²) in [5, 5.41) is 11.8. The van der Waals surface area contributed by atoms with E-state index in [1.807, 2.05) is 0 Å². The first-order valence-electron chi connectivity index (χ1n) is 6.94. The van der Waals surface area contributed by atoms with Crippen molar-refractivity contribution >= 4 is 17.2 Å². The summed E-state index contributed by atoms with van der Waals surface area (Å²) in [4.78, 5) is 26.9. The summed E-state index contributed by atoms with van der Waals surface area (Å²) in [6.07, 6.45) is 6.17. The smallest absolute Gasteiger partial charge is 0.273 e. The zero-order valence-electron chi connectivity index (χ0n) is 11.5. The van der Waals surface area contributed by atoms with E-state index in [0.717, 1.165) is 19.3 Å². The molecule has 0 saturated carbocycles. The minimum absolute atomic E-state index is 0.00449. The standard InChI is InChI=1S/C14H16N4O2S/c19-8-10-4-1-2-7-18(10)14(20)11-9-21-13(17-11)12-15-5-3-6-16-12/h3,5-6,9-10,19H,1-2,4,7-8H2. The Kier molecular flexibility index (Phi) is 4.21. The van der Waals surface area contributed by atoms with Gasteiger partial charge < -0.3 is 10.0 Å². The molecule has 0 bridgehead atoms. The number of aliphatic hydroxyl groups is 1. The van der Waals surface area contributed by atoms with Crippen molar-refractivity contribution in [2.24, 2.45) is 0 Å². The molecule has 2 aromatic heterocycles. The molecule has 7 heteroatoms. The SMILES string of the molecule is O=C(c1csc(-c2ncccn2)n1)N1CCCCC1CO. The monoisotopic (exact) mass is 304 g/mol. The molecule has 0 aliphatic carbocycles. The molecule has 1 N–H and O–H groups in total. The van der Waals surface area contributed by atoms with E-state index in [-0.39, 0.29) is 18.6 Å². The minimum Gasteiger partial charge on any atom is -0.394 e.